The molecule has 1 N–H and O–H groups in total. The maximum absolute atomic E-state index is 11.9. The van der Waals surface area contributed by atoms with Gasteiger partial charge < -0.3 is 9.73 Å². The van der Waals surface area contributed by atoms with E-state index in [1.54, 1.807) is 6.07 Å². The number of nitrogens with one attached hydrogen (secondary N) is 1. The van der Waals surface area contributed by atoms with E-state index in [2.05, 4.69) is 15.5 Å². The Morgan fingerprint density at radius 1 is 1.48 bits per heavy atom. The van der Waals surface area contributed by atoms with E-state index in [9.17, 15) is 4.79 Å². The SMILES string of the molecule is Cc1ccc(NC(=O)CSc2nnc(C3CC3)o2)cc1Cl. The van der Waals surface area contributed by atoms with Gasteiger partial charge in [-0.15, -0.1) is 10.2 Å². The van der Waals surface area contributed by atoms with Crippen LogP contribution in [0.2, 0.25) is 5.02 Å². The highest BCUT2D eigenvalue weighted by Crippen LogP contribution is 2.39. The molecule has 0 aliphatic heterocycles. The van der Waals surface area contributed by atoms with Crippen molar-refractivity contribution in [3.8, 4) is 0 Å². The fourth-order valence-electron chi connectivity index (χ4n) is 1.77. The second-order valence-corrected chi connectivity index (χ2v) is 6.32. The summed E-state index contributed by atoms with van der Waals surface area (Å²) in [6, 6.07) is 5.42. The molecular formula is C14H14ClN3O2S. The van der Waals surface area contributed by atoms with Crippen molar-refractivity contribution < 1.29 is 9.21 Å². The summed E-state index contributed by atoms with van der Waals surface area (Å²) in [4.78, 5) is 11.9. The van der Waals surface area contributed by atoms with Gasteiger partial charge in [-0.1, -0.05) is 29.4 Å². The van der Waals surface area contributed by atoms with Gasteiger partial charge in [0, 0.05) is 16.6 Å². The normalized spacial score (nSPS) is 14.2. The summed E-state index contributed by atoms with van der Waals surface area (Å²) in [5.41, 5.74) is 1.66. The van der Waals surface area contributed by atoms with E-state index >= 15 is 0 Å². The monoisotopic (exact) mass is 323 g/mol. The number of anilines is 1. The second kappa shape index (κ2) is 6.07. The Hall–Kier alpha value is -1.53. The molecule has 1 heterocycles. The first-order valence-corrected chi connectivity index (χ1v) is 8.00. The van der Waals surface area contributed by atoms with E-state index in [1.165, 1.54) is 11.8 Å². The fourth-order valence-corrected chi connectivity index (χ4v) is 2.52. The zero-order chi connectivity index (χ0) is 14.8. The fraction of sp³-hybridized carbons (Fsp3) is 0.357. The predicted molar refractivity (Wildman–Crippen MR) is 81.8 cm³/mol. The number of carbonyl (C=O) groups excluding carboxylic acids is 1. The maximum atomic E-state index is 11.9. The number of hydrogen-bond donors (Lipinski definition) is 1. The number of aryl methyl sites for hydroxylation is 1. The molecular weight excluding hydrogens is 310 g/mol. The molecule has 2 aromatic rings. The van der Waals surface area contributed by atoms with Crippen molar-refractivity contribution >= 4 is 35.0 Å². The first-order valence-electron chi connectivity index (χ1n) is 6.64. The van der Waals surface area contributed by atoms with Gasteiger partial charge in [0.2, 0.25) is 11.8 Å². The topological polar surface area (TPSA) is 68.0 Å². The van der Waals surface area contributed by atoms with Crippen LogP contribution in [0.1, 0.15) is 30.2 Å². The molecule has 1 aromatic heterocycles. The van der Waals surface area contributed by atoms with Gasteiger partial charge in [0.15, 0.2) is 0 Å². The van der Waals surface area contributed by atoms with E-state index < -0.39 is 0 Å². The molecule has 7 heteroatoms. The Morgan fingerprint density at radius 2 is 2.29 bits per heavy atom. The minimum atomic E-state index is -0.133. The molecule has 3 rings (SSSR count). The Kier molecular flexibility index (Phi) is 4.17. The lowest BCUT2D eigenvalue weighted by Crippen LogP contribution is -2.14. The van der Waals surface area contributed by atoms with Gasteiger partial charge in [-0.3, -0.25) is 4.79 Å². The number of thioether (sulfide) groups is 1. The number of carbonyl (C=O) groups is 1. The Labute approximate surface area is 131 Å². The van der Waals surface area contributed by atoms with Crippen molar-refractivity contribution in [3.63, 3.8) is 0 Å². The molecule has 1 fully saturated rings. The summed E-state index contributed by atoms with van der Waals surface area (Å²) in [7, 11) is 0. The molecule has 0 bridgehead atoms. The van der Waals surface area contributed by atoms with Crippen LogP contribution in [0.4, 0.5) is 5.69 Å². The van der Waals surface area contributed by atoms with Crippen molar-refractivity contribution in [3.05, 3.63) is 34.7 Å². The zero-order valence-electron chi connectivity index (χ0n) is 11.4. The van der Waals surface area contributed by atoms with Gasteiger partial charge in [0.05, 0.1) is 5.75 Å². The molecule has 0 atom stereocenters. The van der Waals surface area contributed by atoms with Crippen LogP contribution in [-0.2, 0) is 4.79 Å². The van der Waals surface area contributed by atoms with E-state index in [4.69, 9.17) is 16.0 Å². The van der Waals surface area contributed by atoms with Crippen LogP contribution in [0.25, 0.3) is 0 Å². The van der Waals surface area contributed by atoms with Gasteiger partial charge in [-0.2, -0.15) is 0 Å². The molecule has 1 amide bonds. The summed E-state index contributed by atoms with van der Waals surface area (Å²) in [5, 5.41) is 11.8. The summed E-state index contributed by atoms with van der Waals surface area (Å²) in [6.45, 7) is 1.91. The number of hydrogen-bond acceptors (Lipinski definition) is 5. The molecule has 110 valence electrons. The van der Waals surface area contributed by atoms with Gasteiger partial charge in [-0.05, 0) is 37.5 Å². The number of amides is 1. The third-order valence-corrected chi connectivity index (χ3v) is 4.36. The number of aromatic nitrogens is 2. The van der Waals surface area contributed by atoms with Gasteiger partial charge in [0.1, 0.15) is 0 Å². The van der Waals surface area contributed by atoms with E-state index in [0.717, 1.165) is 18.4 Å². The number of nitrogens with zero attached hydrogens (tertiary/aromatic N) is 2. The molecule has 21 heavy (non-hydrogen) atoms. The summed E-state index contributed by atoms with van der Waals surface area (Å²) < 4.78 is 5.48. The van der Waals surface area contributed by atoms with Gasteiger partial charge in [0.25, 0.3) is 5.22 Å². The lowest BCUT2D eigenvalue weighted by Gasteiger charge is -2.05. The van der Waals surface area contributed by atoms with E-state index in [1.807, 2.05) is 19.1 Å². The highest BCUT2D eigenvalue weighted by molar-refractivity contribution is 7.99. The third-order valence-electron chi connectivity index (χ3n) is 3.13. The smallest absolute Gasteiger partial charge is 0.277 e. The van der Waals surface area contributed by atoms with Crippen LogP contribution in [0.15, 0.2) is 27.8 Å². The standard InChI is InChI=1S/C14H14ClN3O2S/c1-8-2-5-10(6-11(8)15)16-12(19)7-21-14-18-17-13(20-14)9-3-4-9/h2,5-6,9H,3-4,7H2,1H3,(H,16,19). The van der Waals surface area contributed by atoms with Crippen molar-refractivity contribution in [2.75, 3.05) is 11.1 Å². The van der Waals surface area contributed by atoms with Crippen LogP contribution in [0.3, 0.4) is 0 Å². The van der Waals surface area contributed by atoms with Crippen molar-refractivity contribution in [1.29, 1.82) is 0 Å². The highest BCUT2D eigenvalue weighted by Gasteiger charge is 2.29. The lowest BCUT2D eigenvalue weighted by molar-refractivity contribution is -0.113. The van der Waals surface area contributed by atoms with Crippen molar-refractivity contribution in [2.45, 2.75) is 30.9 Å². The molecule has 0 radical (unpaired) electrons. The van der Waals surface area contributed by atoms with Crippen LogP contribution in [-0.4, -0.2) is 21.9 Å². The average Bonchev–Trinajstić information content (AvgIpc) is 3.20. The average molecular weight is 324 g/mol. The number of rotatable bonds is 5. The van der Waals surface area contributed by atoms with Gasteiger partial charge in [-0.25, -0.2) is 0 Å². The molecule has 5 nitrogen and oxygen atoms in total. The van der Waals surface area contributed by atoms with Crippen molar-refractivity contribution in [2.24, 2.45) is 0 Å². The molecule has 1 aliphatic carbocycles. The van der Waals surface area contributed by atoms with Crippen LogP contribution in [0, 0.1) is 6.92 Å². The third kappa shape index (κ3) is 3.77. The van der Waals surface area contributed by atoms with E-state index in [-0.39, 0.29) is 11.7 Å². The quantitative estimate of drug-likeness (QED) is 0.851. The lowest BCUT2D eigenvalue weighted by atomic mass is 10.2. The summed E-state index contributed by atoms with van der Waals surface area (Å²) in [6.07, 6.45) is 2.22. The van der Waals surface area contributed by atoms with Crippen LogP contribution in [0.5, 0.6) is 0 Å². The molecule has 1 aromatic carbocycles. The predicted octanol–water partition coefficient (Wildman–Crippen LogP) is 3.64. The zero-order valence-corrected chi connectivity index (χ0v) is 13.0. The minimum Gasteiger partial charge on any atom is -0.416 e. The largest absolute Gasteiger partial charge is 0.416 e. The molecule has 0 saturated heterocycles. The first-order chi connectivity index (χ1) is 10.1. The molecule has 0 spiro atoms. The first kappa shape index (κ1) is 14.4. The molecule has 1 aliphatic rings. The molecule has 0 unspecified atom stereocenters. The summed E-state index contributed by atoms with van der Waals surface area (Å²) >= 11 is 7.25. The number of halogens is 1. The van der Waals surface area contributed by atoms with Crippen molar-refractivity contribution in [1.82, 2.24) is 10.2 Å². The second-order valence-electron chi connectivity index (χ2n) is 4.98. The molecule has 1 saturated carbocycles. The Bertz CT molecular complexity index is 670. The Balaban J connectivity index is 1.52. The Morgan fingerprint density at radius 3 is 3.00 bits per heavy atom. The van der Waals surface area contributed by atoms with Crippen LogP contribution >= 0.6 is 23.4 Å². The highest BCUT2D eigenvalue weighted by atomic mass is 35.5. The maximum Gasteiger partial charge on any atom is 0.277 e. The minimum absolute atomic E-state index is 0.133. The summed E-state index contributed by atoms with van der Waals surface area (Å²) in [5.74, 6) is 1.20. The van der Waals surface area contributed by atoms with Crippen LogP contribution < -0.4 is 5.32 Å². The van der Waals surface area contributed by atoms with E-state index in [0.29, 0.717) is 27.7 Å². The number of benzene rings is 1. The van der Waals surface area contributed by atoms with Gasteiger partial charge >= 0.3 is 0 Å².